The largest absolute Gasteiger partial charge is 0.481 e. The normalized spacial score (nSPS) is 21.4. The summed E-state index contributed by atoms with van der Waals surface area (Å²) in [5.41, 5.74) is 0. The third kappa shape index (κ3) is 3.59. The van der Waals surface area contributed by atoms with Crippen LogP contribution in [0.3, 0.4) is 0 Å². The molecule has 0 saturated heterocycles. The fourth-order valence-corrected chi connectivity index (χ4v) is 2.27. The molecule has 1 heterocycles. The first-order valence-electron chi connectivity index (χ1n) is 6.40. The lowest BCUT2D eigenvalue weighted by atomic mass is 10.1. The maximum atomic E-state index is 11.6. The molecule has 1 fully saturated rings. The van der Waals surface area contributed by atoms with Gasteiger partial charge in [-0.25, -0.2) is 0 Å². The predicted octanol–water partition coefficient (Wildman–Crippen LogP) is 0.379. The highest BCUT2D eigenvalue weighted by Gasteiger charge is 2.30. The van der Waals surface area contributed by atoms with Crippen LogP contribution in [0.1, 0.15) is 29.8 Å². The zero-order valence-corrected chi connectivity index (χ0v) is 10.8. The zero-order valence-electron chi connectivity index (χ0n) is 10.8. The molecule has 108 valence electrons. The van der Waals surface area contributed by atoms with Crippen molar-refractivity contribution in [3.05, 3.63) is 24.2 Å². The molecule has 1 aliphatic carbocycles. The molecule has 0 radical (unpaired) electrons. The first-order chi connectivity index (χ1) is 9.56. The van der Waals surface area contributed by atoms with Crippen molar-refractivity contribution in [3.8, 4) is 0 Å². The van der Waals surface area contributed by atoms with Crippen molar-refractivity contribution in [2.75, 3.05) is 6.54 Å². The first kappa shape index (κ1) is 14.1. The highest BCUT2D eigenvalue weighted by molar-refractivity contribution is 5.94. The molecule has 3 N–H and O–H groups in total. The van der Waals surface area contributed by atoms with E-state index in [0.29, 0.717) is 19.3 Å². The second-order valence-corrected chi connectivity index (χ2v) is 4.77. The SMILES string of the molecule is O=C(CNC(=O)c1ccco1)NC1CCC(C(=O)O)C1. The van der Waals surface area contributed by atoms with E-state index < -0.39 is 17.8 Å². The van der Waals surface area contributed by atoms with Gasteiger partial charge in [0.15, 0.2) is 5.76 Å². The molecular weight excluding hydrogens is 264 g/mol. The van der Waals surface area contributed by atoms with Gasteiger partial charge in [-0.2, -0.15) is 0 Å². The van der Waals surface area contributed by atoms with Gasteiger partial charge in [-0.1, -0.05) is 0 Å². The maximum Gasteiger partial charge on any atom is 0.306 e. The number of nitrogens with one attached hydrogen (secondary N) is 2. The Morgan fingerprint density at radius 2 is 2.15 bits per heavy atom. The average molecular weight is 280 g/mol. The van der Waals surface area contributed by atoms with Crippen LogP contribution < -0.4 is 10.6 Å². The first-order valence-corrected chi connectivity index (χ1v) is 6.40. The fourth-order valence-electron chi connectivity index (χ4n) is 2.27. The number of carboxylic acid groups (broad SMARTS) is 1. The minimum atomic E-state index is -0.826. The number of carbonyl (C=O) groups is 3. The van der Waals surface area contributed by atoms with Gasteiger partial charge in [0.25, 0.3) is 5.91 Å². The Balaban J connectivity index is 1.71. The minimum Gasteiger partial charge on any atom is -0.481 e. The average Bonchev–Trinajstić information content (AvgIpc) is 3.06. The Morgan fingerprint density at radius 1 is 1.35 bits per heavy atom. The highest BCUT2D eigenvalue weighted by Crippen LogP contribution is 2.25. The summed E-state index contributed by atoms with van der Waals surface area (Å²) in [4.78, 5) is 34.0. The van der Waals surface area contributed by atoms with Crippen LogP contribution in [-0.2, 0) is 9.59 Å². The van der Waals surface area contributed by atoms with Crippen molar-refractivity contribution in [2.45, 2.75) is 25.3 Å². The molecule has 0 spiro atoms. The number of hydrogen-bond acceptors (Lipinski definition) is 4. The third-order valence-electron chi connectivity index (χ3n) is 3.30. The van der Waals surface area contributed by atoms with E-state index in [0.717, 1.165) is 0 Å². The highest BCUT2D eigenvalue weighted by atomic mass is 16.4. The van der Waals surface area contributed by atoms with E-state index in [1.165, 1.54) is 12.3 Å². The van der Waals surface area contributed by atoms with Gasteiger partial charge < -0.3 is 20.2 Å². The molecule has 1 aliphatic rings. The molecule has 1 aromatic heterocycles. The zero-order chi connectivity index (χ0) is 14.5. The Hall–Kier alpha value is -2.31. The summed E-state index contributed by atoms with van der Waals surface area (Å²) in [5, 5.41) is 14.0. The Bertz CT molecular complexity index is 497. The van der Waals surface area contributed by atoms with Crippen LogP contribution in [0, 0.1) is 5.92 Å². The Kier molecular flexibility index (Phi) is 4.39. The van der Waals surface area contributed by atoms with Crippen LogP contribution in [0.4, 0.5) is 0 Å². The van der Waals surface area contributed by atoms with Gasteiger partial charge in [-0.05, 0) is 31.4 Å². The smallest absolute Gasteiger partial charge is 0.306 e. The molecule has 2 atom stereocenters. The summed E-state index contributed by atoms with van der Waals surface area (Å²) in [6, 6.07) is 2.95. The molecule has 2 unspecified atom stereocenters. The lowest BCUT2D eigenvalue weighted by Crippen LogP contribution is -2.41. The molecule has 0 aromatic carbocycles. The summed E-state index contributed by atoms with van der Waals surface area (Å²) in [7, 11) is 0. The van der Waals surface area contributed by atoms with Crippen LogP contribution in [0.15, 0.2) is 22.8 Å². The lowest BCUT2D eigenvalue weighted by Gasteiger charge is -2.12. The van der Waals surface area contributed by atoms with E-state index in [9.17, 15) is 14.4 Å². The number of carboxylic acids is 1. The number of aliphatic carboxylic acids is 1. The summed E-state index contributed by atoms with van der Waals surface area (Å²) >= 11 is 0. The summed E-state index contributed by atoms with van der Waals surface area (Å²) in [6.07, 6.45) is 3.03. The lowest BCUT2D eigenvalue weighted by molar-refractivity contribution is -0.141. The van der Waals surface area contributed by atoms with Crippen molar-refractivity contribution in [2.24, 2.45) is 5.92 Å². The van der Waals surface area contributed by atoms with Crippen molar-refractivity contribution >= 4 is 17.8 Å². The van der Waals surface area contributed by atoms with Crippen molar-refractivity contribution in [1.82, 2.24) is 10.6 Å². The molecule has 7 heteroatoms. The van der Waals surface area contributed by atoms with E-state index in [1.54, 1.807) is 6.07 Å². The Labute approximate surface area is 115 Å². The molecule has 2 amide bonds. The van der Waals surface area contributed by atoms with Gasteiger partial charge >= 0.3 is 5.97 Å². The van der Waals surface area contributed by atoms with Crippen LogP contribution in [-0.4, -0.2) is 35.5 Å². The fraction of sp³-hybridized carbons (Fsp3) is 0.462. The quantitative estimate of drug-likeness (QED) is 0.722. The van der Waals surface area contributed by atoms with E-state index >= 15 is 0 Å². The van der Waals surface area contributed by atoms with Crippen LogP contribution >= 0.6 is 0 Å². The maximum absolute atomic E-state index is 11.6. The molecule has 2 rings (SSSR count). The van der Waals surface area contributed by atoms with E-state index in [-0.39, 0.29) is 24.3 Å². The van der Waals surface area contributed by atoms with Crippen molar-refractivity contribution < 1.29 is 23.9 Å². The number of furan rings is 1. The Morgan fingerprint density at radius 3 is 2.75 bits per heavy atom. The second-order valence-electron chi connectivity index (χ2n) is 4.77. The topological polar surface area (TPSA) is 109 Å². The summed E-state index contributed by atoms with van der Waals surface area (Å²) in [6.45, 7) is -0.159. The molecular formula is C13H16N2O5. The summed E-state index contributed by atoms with van der Waals surface area (Å²) < 4.78 is 4.89. The number of amides is 2. The molecule has 20 heavy (non-hydrogen) atoms. The van der Waals surface area contributed by atoms with Gasteiger partial charge in [-0.15, -0.1) is 0 Å². The van der Waals surface area contributed by atoms with E-state index in [1.807, 2.05) is 0 Å². The minimum absolute atomic E-state index is 0.135. The standard InChI is InChI=1S/C13H16N2O5/c16-11(7-14-12(17)10-2-1-5-20-10)15-9-4-3-8(6-9)13(18)19/h1-2,5,8-9H,3-4,6-7H2,(H,14,17)(H,15,16)(H,18,19). The predicted molar refractivity (Wildman–Crippen MR) is 67.9 cm³/mol. The van der Waals surface area contributed by atoms with Crippen LogP contribution in [0.25, 0.3) is 0 Å². The van der Waals surface area contributed by atoms with E-state index in [4.69, 9.17) is 9.52 Å². The number of rotatable bonds is 5. The van der Waals surface area contributed by atoms with Crippen LogP contribution in [0.2, 0.25) is 0 Å². The molecule has 1 aromatic rings. The molecule has 0 bridgehead atoms. The summed E-state index contributed by atoms with van der Waals surface area (Å²) in [5.74, 6) is -1.86. The van der Waals surface area contributed by atoms with Gasteiger partial charge in [0, 0.05) is 6.04 Å². The van der Waals surface area contributed by atoms with Gasteiger partial charge in [0.05, 0.1) is 18.7 Å². The van der Waals surface area contributed by atoms with Gasteiger partial charge in [0.1, 0.15) is 0 Å². The van der Waals surface area contributed by atoms with Crippen molar-refractivity contribution in [1.29, 1.82) is 0 Å². The van der Waals surface area contributed by atoms with Gasteiger partial charge in [0.2, 0.25) is 5.91 Å². The monoisotopic (exact) mass is 280 g/mol. The molecule has 1 saturated carbocycles. The van der Waals surface area contributed by atoms with Crippen molar-refractivity contribution in [3.63, 3.8) is 0 Å². The number of hydrogen-bond donors (Lipinski definition) is 3. The third-order valence-corrected chi connectivity index (χ3v) is 3.30. The van der Waals surface area contributed by atoms with E-state index in [2.05, 4.69) is 10.6 Å². The second kappa shape index (κ2) is 6.23. The number of carbonyl (C=O) groups excluding carboxylic acids is 2. The molecule has 0 aliphatic heterocycles. The van der Waals surface area contributed by atoms with Gasteiger partial charge in [-0.3, -0.25) is 14.4 Å². The van der Waals surface area contributed by atoms with Crippen LogP contribution in [0.5, 0.6) is 0 Å². The molecule has 7 nitrogen and oxygen atoms in total.